The number of aromatic nitrogens is 6. The molecule has 5 rings (SSSR count). The molecule has 1 aliphatic rings. The van der Waals surface area contributed by atoms with Crippen LogP contribution in [-0.4, -0.2) is 54.3 Å². The maximum atomic E-state index is 14.0. The van der Waals surface area contributed by atoms with E-state index in [1.807, 2.05) is 6.07 Å². The number of nitrogens with one attached hydrogen (secondary N) is 1. The smallest absolute Gasteiger partial charge is 0.235 e. The maximum Gasteiger partial charge on any atom is 0.235 e. The Bertz CT molecular complexity index is 1300. The Balaban J connectivity index is 1.40. The lowest BCUT2D eigenvalue weighted by molar-refractivity contribution is -0.128. The highest BCUT2D eigenvalue weighted by Gasteiger charge is 2.33. The summed E-state index contributed by atoms with van der Waals surface area (Å²) in [6, 6.07) is 8.90. The number of likely N-dealkylation sites (tertiary alicyclic amines) is 1. The Hall–Kier alpha value is -4.15. The molecule has 4 aromatic rings. The molecule has 162 valence electrons. The molecule has 0 aliphatic carbocycles. The predicted molar refractivity (Wildman–Crippen MR) is 112 cm³/mol. The lowest BCUT2D eigenvalue weighted by atomic mass is 10.0. The van der Waals surface area contributed by atoms with Crippen molar-refractivity contribution in [1.82, 2.24) is 34.8 Å². The van der Waals surface area contributed by atoms with Crippen LogP contribution in [0.15, 0.2) is 47.2 Å². The molecule has 11 heteroatoms. The van der Waals surface area contributed by atoms with Crippen LogP contribution in [0.25, 0.3) is 22.8 Å². The molecule has 4 aromatic heterocycles. The first-order valence-electron chi connectivity index (χ1n) is 9.96. The maximum absolute atomic E-state index is 14.0. The second-order valence-electron chi connectivity index (χ2n) is 7.49. The first kappa shape index (κ1) is 19.8. The Kier molecular flexibility index (Phi) is 4.85. The summed E-state index contributed by atoms with van der Waals surface area (Å²) in [5.41, 5.74) is 2.43. The number of carbonyl (C=O) groups excluding carboxylic acids is 1. The SMILES string of the molecule is CN1CCC(c2cc(-c3cccc(-c4ccnc(Nc5cnn(C)c5F)n4)n3)no2)C1=O. The minimum Gasteiger partial charge on any atom is -0.360 e. The second kappa shape index (κ2) is 7.84. The van der Waals surface area contributed by atoms with Crippen molar-refractivity contribution >= 4 is 17.5 Å². The van der Waals surface area contributed by atoms with Crippen LogP contribution in [0.1, 0.15) is 18.1 Å². The fourth-order valence-electron chi connectivity index (χ4n) is 3.57. The third kappa shape index (κ3) is 3.57. The van der Waals surface area contributed by atoms with Gasteiger partial charge in [-0.1, -0.05) is 11.2 Å². The van der Waals surface area contributed by atoms with Crippen LogP contribution in [0.2, 0.25) is 0 Å². The largest absolute Gasteiger partial charge is 0.360 e. The van der Waals surface area contributed by atoms with Crippen LogP contribution >= 0.6 is 0 Å². The van der Waals surface area contributed by atoms with E-state index in [0.29, 0.717) is 41.5 Å². The Morgan fingerprint density at radius 1 is 1.12 bits per heavy atom. The number of halogens is 1. The first-order chi connectivity index (χ1) is 15.5. The summed E-state index contributed by atoms with van der Waals surface area (Å²) in [6.45, 7) is 0.695. The van der Waals surface area contributed by atoms with Crippen molar-refractivity contribution in [3.8, 4) is 22.8 Å². The van der Waals surface area contributed by atoms with Gasteiger partial charge in [-0.25, -0.2) is 19.6 Å². The van der Waals surface area contributed by atoms with Gasteiger partial charge >= 0.3 is 0 Å². The highest BCUT2D eigenvalue weighted by Crippen LogP contribution is 2.31. The zero-order chi connectivity index (χ0) is 22.2. The van der Waals surface area contributed by atoms with Crippen LogP contribution in [0.5, 0.6) is 0 Å². The van der Waals surface area contributed by atoms with Crippen molar-refractivity contribution in [2.45, 2.75) is 12.3 Å². The van der Waals surface area contributed by atoms with Crippen LogP contribution in [0, 0.1) is 5.95 Å². The third-order valence-corrected chi connectivity index (χ3v) is 5.34. The van der Waals surface area contributed by atoms with E-state index in [1.165, 1.54) is 13.2 Å². The van der Waals surface area contributed by atoms with Gasteiger partial charge in [-0.05, 0) is 24.6 Å². The molecule has 1 aliphatic heterocycles. The number of anilines is 2. The number of aryl methyl sites for hydroxylation is 1. The minimum atomic E-state index is -0.520. The number of amides is 1. The number of carbonyl (C=O) groups is 1. The molecule has 1 unspecified atom stereocenters. The van der Waals surface area contributed by atoms with Crippen molar-refractivity contribution in [3.05, 3.63) is 54.4 Å². The van der Waals surface area contributed by atoms with Crippen molar-refractivity contribution in [3.63, 3.8) is 0 Å². The molecular weight excluding hydrogens is 415 g/mol. The predicted octanol–water partition coefficient (Wildman–Crippen LogP) is 2.76. The van der Waals surface area contributed by atoms with Crippen molar-refractivity contribution in [2.24, 2.45) is 7.05 Å². The van der Waals surface area contributed by atoms with Crippen LogP contribution in [-0.2, 0) is 11.8 Å². The van der Waals surface area contributed by atoms with Gasteiger partial charge in [0.15, 0.2) is 0 Å². The Morgan fingerprint density at radius 3 is 2.62 bits per heavy atom. The molecule has 1 amide bonds. The van der Waals surface area contributed by atoms with Gasteiger partial charge in [-0.2, -0.15) is 9.49 Å². The average molecular weight is 434 g/mol. The van der Waals surface area contributed by atoms with E-state index >= 15 is 0 Å². The van der Waals surface area contributed by atoms with Gasteiger partial charge in [0, 0.05) is 32.9 Å². The van der Waals surface area contributed by atoms with E-state index < -0.39 is 5.95 Å². The van der Waals surface area contributed by atoms with E-state index in [4.69, 9.17) is 4.52 Å². The third-order valence-electron chi connectivity index (χ3n) is 5.34. The number of hydrogen-bond acceptors (Lipinski definition) is 8. The topological polar surface area (TPSA) is 115 Å². The van der Waals surface area contributed by atoms with Crippen molar-refractivity contribution in [2.75, 3.05) is 18.9 Å². The zero-order valence-corrected chi connectivity index (χ0v) is 17.4. The van der Waals surface area contributed by atoms with Gasteiger partial charge in [0.05, 0.1) is 23.3 Å². The Morgan fingerprint density at radius 2 is 1.91 bits per heavy atom. The summed E-state index contributed by atoms with van der Waals surface area (Å²) < 4.78 is 20.6. The quantitative estimate of drug-likeness (QED) is 0.510. The van der Waals surface area contributed by atoms with Gasteiger partial charge in [0.25, 0.3) is 0 Å². The number of likely N-dealkylation sites (N-methyl/N-ethyl adjacent to an activating group) is 1. The monoisotopic (exact) mass is 434 g/mol. The molecule has 1 saturated heterocycles. The highest BCUT2D eigenvalue weighted by atomic mass is 19.1. The minimum absolute atomic E-state index is 0.0282. The van der Waals surface area contributed by atoms with Gasteiger partial charge in [-0.3, -0.25) is 4.79 Å². The first-order valence-corrected chi connectivity index (χ1v) is 9.96. The second-order valence-corrected chi connectivity index (χ2v) is 7.49. The summed E-state index contributed by atoms with van der Waals surface area (Å²) in [5, 5.41) is 10.8. The van der Waals surface area contributed by atoms with E-state index in [-0.39, 0.29) is 23.5 Å². The van der Waals surface area contributed by atoms with Gasteiger partial charge in [0.2, 0.25) is 17.8 Å². The van der Waals surface area contributed by atoms with Crippen molar-refractivity contribution in [1.29, 1.82) is 0 Å². The standard InChI is InChI=1S/C21H19FN8O2/c1-29-9-7-12(20(29)31)18-10-16(28-32-18)14-5-3-4-13(25-14)15-6-8-23-21(26-15)27-17-11-24-30(2)19(17)22/h3-6,8,10-12H,7,9H2,1-2H3,(H,23,26,27). The fourth-order valence-corrected chi connectivity index (χ4v) is 3.57. The van der Waals surface area contributed by atoms with E-state index in [9.17, 15) is 9.18 Å². The van der Waals surface area contributed by atoms with E-state index in [1.54, 1.807) is 42.4 Å². The lowest BCUT2D eigenvalue weighted by Gasteiger charge is -2.07. The molecule has 32 heavy (non-hydrogen) atoms. The number of nitrogens with zero attached hydrogens (tertiary/aromatic N) is 7. The molecule has 10 nitrogen and oxygen atoms in total. The summed E-state index contributed by atoms with van der Waals surface area (Å²) in [4.78, 5) is 27.1. The molecular formula is C21H19FN8O2. The summed E-state index contributed by atoms with van der Waals surface area (Å²) >= 11 is 0. The molecule has 0 aromatic carbocycles. The van der Waals surface area contributed by atoms with Crippen LogP contribution in [0.4, 0.5) is 16.0 Å². The summed E-state index contributed by atoms with van der Waals surface area (Å²) in [6.07, 6.45) is 3.62. The molecule has 0 radical (unpaired) electrons. The average Bonchev–Trinajstić information content (AvgIpc) is 3.51. The normalized spacial score (nSPS) is 16.0. The molecule has 5 heterocycles. The molecule has 1 N–H and O–H groups in total. The fraction of sp³-hybridized carbons (Fsp3) is 0.238. The lowest BCUT2D eigenvalue weighted by Crippen LogP contribution is -2.21. The number of pyridine rings is 1. The summed E-state index contributed by atoms with van der Waals surface area (Å²) in [5.74, 6) is -0.0519. The Labute approximate surface area is 182 Å². The molecule has 0 spiro atoms. The van der Waals surface area contributed by atoms with Crippen LogP contribution in [0.3, 0.4) is 0 Å². The van der Waals surface area contributed by atoms with Gasteiger partial charge < -0.3 is 14.7 Å². The highest BCUT2D eigenvalue weighted by molar-refractivity contribution is 5.85. The van der Waals surface area contributed by atoms with E-state index in [2.05, 4.69) is 30.5 Å². The summed E-state index contributed by atoms with van der Waals surface area (Å²) in [7, 11) is 3.28. The van der Waals surface area contributed by atoms with Gasteiger partial charge in [0.1, 0.15) is 23.1 Å². The molecule has 1 fully saturated rings. The molecule has 0 saturated carbocycles. The van der Waals surface area contributed by atoms with Crippen LogP contribution < -0.4 is 5.32 Å². The van der Waals surface area contributed by atoms with E-state index in [0.717, 1.165) is 4.68 Å². The zero-order valence-electron chi connectivity index (χ0n) is 17.4. The number of hydrogen-bond donors (Lipinski definition) is 1. The van der Waals surface area contributed by atoms with Crippen molar-refractivity contribution < 1.29 is 13.7 Å². The molecule has 1 atom stereocenters. The molecule has 0 bridgehead atoms. The van der Waals surface area contributed by atoms with Gasteiger partial charge in [-0.15, -0.1) is 0 Å². The number of rotatable bonds is 5.